The molecule has 2 aromatic carbocycles. The van der Waals surface area contributed by atoms with Gasteiger partial charge in [0.15, 0.2) is 11.5 Å². The van der Waals surface area contributed by atoms with Crippen LogP contribution in [0.3, 0.4) is 0 Å². The zero-order chi connectivity index (χ0) is 25.9. The van der Waals surface area contributed by atoms with Gasteiger partial charge in [0.05, 0.1) is 4.92 Å². The molecule has 1 aliphatic rings. The number of non-ortho nitro benzene ring substituents is 1. The summed E-state index contributed by atoms with van der Waals surface area (Å²) in [6, 6.07) is 7.82. The zero-order valence-corrected chi connectivity index (χ0v) is 19.0. The fraction of sp³-hybridized carbons (Fsp3) is 0.227. The Morgan fingerprint density at radius 3 is 1.86 bits per heavy atom. The Hall–Kier alpha value is -4.81. The highest BCUT2D eigenvalue weighted by molar-refractivity contribution is 5.96. The van der Waals surface area contributed by atoms with Crippen molar-refractivity contribution in [2.75, 3.05) is 0 Å². The number of carbonyl (C=O) groups excluding carboxylic acids is 4. The Kier molecular flexibility index (Phi) is 7.08. The number of nitro benzene ring substituents is 1. The summed E-state index contributed by atoms with van der Waals surface area (Å²) in [6.45, 7) is 4.55. The summed E-state index contributed by atoms with van der Waals surface area (Å²) in [5, 5.41) is 16.0. The van der Waals surface area contributed by atoms with Gasteiger partial charge in [0.2, 0.25) is 23.8 Å². The highest BCUT2D eigenvalue weighted by Crippen LogP contribution is 2.43. The first-order chi connectivity index (χ1) is 16.5. The summed E-state index contributed by atoms with van der Waals surface area (Å²) in [6.07, 6.45) is -1.20. The predicted molar refractivity (Wildman–Crippen MR) is 116 cm³/mol. The minimum absolute atomic E-state index is 0.0211. The van der Waals surface area contributed by atoms with Crippen LogP contribution in [0.4, 0.5) is 5.69 Å². The molecule has 1 aliphatic heterocycles. The minimum Gasteiger partial charge on any atom is -0.446 e. The highest BCUT2D eigenvalue weighted by Gasteiger charge is 2.35. The van der Waals surface area contributed by atoms with Gasteiger partial charge in [0.1, 0.15) is 0 Å². The summed E-state index contributed by atoms with van der Waals surface area (Å²) in [4.78, 5) is 57.6. The highest BCUT2D eigenvalue weighted by atomic mass is 16.6. The first kappa shape index (κ1) is 24.8. The SMILES string of the molecule is CC(=O)Oc1cc([C@@H]2OC(c3ccc([N+](=O)[O-])cc3)=NN2C(C)=O)cc(OC(C)=O)c1OC(C)=O. The maximum atomic E-state index is 12.3. The Bertz CT molecular complexity index is 1220. The van der Waals surface area contributed by atoms with Crippen molar-refractivity contribution in [3.8, 4) is 17.2 Å². The number of ether oxygens (including phenoxy) is 4. The van der Waals surface area contributed by atoms with Crippen molar-refractivity contribution in [1.82, 2.24) is 5.01 Å². The molecule has 3 rings (SSSR count). The van der Waals surface area contributed by atoms with Crippen molar-refractivity contribution < 1.29 is 43.0 Å². The number of nitrogens with zero attached hydrogens (tertiary/aromatic N) is 3. The Labute approximate surface area is 198 Å². The van der Waals surface area contributed by atoms with Gasteiger partial charge in [-0.25, -0.2) is 0 Å². The molecule has 0 radical (unpaired) electrons. The number of rotatable bonds is 6. The van der Waals surface area contributed by atoms with Gasteiger partial charge < -0.3 is 18.9 Å². The number of esters is 3. The number of nitro groups is 1. The van der Waals surface area contributed by atoms with Crippen LogP contribution < -0.4 is 14.2 Å². The molecule has 0 saturated heterocycles. The van der Waals surface area contributed by atoms with E-state index in [1.807, 2.05) is 0 Å². The molecule has 0 unspecified atom stereocenters. The first-order valence-electron chi connectivity index (χ1n) is 9.99. The second-order valence-electron chi connectivity index (χ2n) is 7.17. The van der Waals surface area contributed by atoms with E-state index in [1.165, 1.54) is 43.3 Å². The minimum atomic E-state index is -1.20. The van der Waals surface area contributed by atoms with Crippen molar-refractivity contribution in [2.24, 2.45) is 5.10 Å². The maximum Gasteiger partial charge on any atom is 0.308 e. The van der Waals surface area contributed by atoms with E-state index in [-0.39, 0.29) is 34.4 Å². The molecular formula is C22H19N3O10. The van der Waals surface area contributed by atoms with Crippen LogP contribution in [0.5, 0.6) is 17.2 Å². The molecule has 2 aromatic rings. The fourth-order valence-electron chi connectivity index (χ4n) is 3.07. The molecule has 0 saturated carbocycles. The van der Waals surface area contributed by atoms with Crippen molar-refractivity contribution in [1.29, 1.82) is 0 Å². The third-order valence-electron chi connectivity index (χ3n) is 4.37. The Morgan fingerprint density at radius 1 is 0.914 bits per heavy atom. The zero-order valence-electron chi connectivity index (χ0n) is 19.0. The molecule has 0 aromatic heterocycles. The Morgan fingerprint density at radius 2 is 1.43 bits per heavy atom. The van der Waals surface area contributed by atoms with E-state index in [4.69, 9.17) is 18.9 Å². The topological polar surface area (TPSA) is 164 Å². The lowest BCUT2D eigenvalue weighted by molar-refractivity contribution is -0.384. The smallest absolute Gasteiger partial charge is 0.308 e. The van der Waals surface area contributed by atoms with Crippen LogP contribution in [0.15, 0.2) is 41.5 Å². The molecule has 13 heteroatoms. The van der Waals surface area contributed by atoms with Gasteiger partial charge in [0, 0.05) is 51.0 Å². The quantitative estimate of drug-likeness (QED) is 0.257. The van der Waals surface area contributed by atoms with E-state index >= 15 is 0 Å². The number of amides is 1. The van der Waals surface area contributed by atoms with Gasteiger partial charge in [0.25, 0.3) is 5.69 Å². The van der Waals surface area contributed by atoms with Crippen LogP contribution in [0.2, 0.25) is 0 Å². The van der Waals surface area contributed by atoms with Crippen LogP contribution in [0.25, 0.3) is 0 Å². The average molecular weight is 485 g/mol. The van der Waals surface area contributed by atoms with Crippen LogP contribution in [0.1, 0.15) is 45.0 Å². The standard InChI is InChI=1S/C22H19N3O10/c1-11(26)24-22(35-21(23-24)15-5-7-17(8-6-15)25(30)31)16-9-18(32-12(2)27)20(34-14(4)29)19(10-16)33-13(3)28/h5-10,22H,1-4H3/t22-/m0/s1. The number of carbonyl (C=O) groups is 4. The average Bonchev–Trinajstić information content (AvgIpc) is 3.21. The molecule has 0 fully saturated rings. The monoisotopic (exact) mass is 485 g/mol. The molecular weight excluding hydrogens is 466 g/mol. The number of benzene rings is 2. The van der Waals surface area contributed by atoms with Crippen LogP contribution >= 0.6 is 0 Å². The van der Waals surface area contributed by atoms with E-state index < -0.39 is 35.0 Å². The summed E-state index contributed by atoms with van der Waals surface area (Å²) in [5.41, 5.74) is 0.357. The second-order valence-corrected chi connectivity index (χ2v) is 7.17. The fourth-order valence-corrected chi connectivity index (χ4v) is 3.07. The summed E-state index contributed by atoms with van der Waals surface area (Å²) in [5.74, 6) is -3.70. The molecule has 1 amide bonds. The van der Waals surface area contributed by atoms with Crippen molar-refractivity contribution in [3.05, 3.63) is 57.6 Å². The van der Waals surface area contributed by atoms with E-state index in [2.05, 4.69) is 5.10 Å². The number of hydrogen-bond donors (Lipinski definition) is 0. The van der Waals surface area contributed by atoms with Crippen molar-refractivity contribution >= 4 is 35.4 Å². The third-order valence-corrected chi connectivity index (χ3v) is 4.37. The van der Waals surface area contributed by atoms with Crippen LogP contribution in [0, 0.1) is 10.1 Å². The first-order valence-corrected chi connectivity index (χ1v) is 9.99. The Balaban J connectivity index is 2.08. The van der Waals surface area contributed by atoms with Gasteiger partial charge in [-0.1, -0.05) is 0 Å². The van der Waals surface area contributed by atoms with Crippen LogP contribution in [-0.4, -0.2) is 39.6 Å². The summed E-state index contributed by atoms with van der Waals surface area (Å²) >= 11 is 0. The molecule has 0 N–H and O–H groups in total. The summed E-state index contributed by atoms with van der Waals surface area (Å²) < 4.78 is 21.2. The summed E-state index contributed by atoms with van der Waals surface area (Å²) in [7, 11) is 0. The predicted octanol–water partition coefficient (Wildman–Crippen LogP) is 2.61. The molecule has 35 heavy (non-hydrogen) atoms. The third kappa shape index (κ3) is 5.76. The normalized spacial score (nSPS) is 14.5. The van der Waals surface area contributed by atoms with Gasteiger partial charge >= 0.3 is 17.9 Å². The van der Waals surface area contributed by atoms with E-state index in [0.29, 0.717) is 5.56 Å². The molecule has 0 spiro atoms. The molecule has 0 bridgehead atoms. The van der Waals surface area contributed by atoms with Gasteiger partial charge in [-0.15, -0.1) is 5.10 Å². The van der Waals surface area contributed by atoms with Crippen molar-refractivity contribution in [3.63, 3.8) is 0 Å². The van der Waals surface area contributed by atoms with Gasteiger partial charge in [-0.3, -0.25) is 29.3 Å². The number of hydrogen-bond acceptors (Lipinski definition) is 11. The molecule has 0 aliphatic carbocycles. The molecule has 182 valence electrons. The lowest BCUT2D eigenvalue weighted by atomic mass is 10.1. The van der Waals surface area contributed by atoms with E-state index in [9.17, 15) is 29.3 Å². The maximum absolute atomic E-state index is 12.3. The molecule has 1 heterocycles. The number of hydrazone groups is 1. The van der Waals surface area contributed by atoms with Crippen molar-refractivity contribution in [2.45, 2.75) is 33.9 Å². The lowest BCUT2D eigenvalue weighted by Gasteiger charge is -2.21. The van der Waals surface area contributed by atoms with E-state index in [1.54, 1.807) is 0 Å². The van der Waals surface area contributed by atoms with Gasteiger partial charge in [-0.2, -0.15) is 5.01 Å². The molecule has 13 nitrogen and oxygen atoms in total. The second kappa shape index (κ2) is 9.99. The lowest BCUT2D eigenvalue weighted by Crippen LogP contribution is -2.25. The molecule has 1 atom stereocenters. The van der Waals surface area contributed by atoms with E-state index in [0.717, 1.165) is 25.8 Å². The van der Waals surface area contributed by atoms with Crippen LogP contribution in [-0.2, 0) is 23.9 Å². The van der Waals surface area contributed by atoms with Gasteiger partial charge in [-0.05, 0) is 24.3 Å². The largest absolute Gasteiger partial charge is 0.446 e.